The topological polar surface area (TPSA) is 84.9 Å². The Morgan fingerprint density at radius 2 is 1.90 bits per heavy atom. The average molecular weight is 414 g/mol. The molecule has 0 aliphatic carbocycles. The quantitative estimate of drug-likeness (QED) is 0.757. The summed E-state index contributed by atoms with van der Waals surface area (Å²) in [5.74, 6) is -0.0520. The molecular weight excluding hydrogens is 399 g/mol. The number of carbonyl (C=O) groups is 3. The molecule has 0 spiro atoms. The number of amides is 3. The van der Waals surface area contributed by atoms with E-state index >= 15 is 0 Å². The maximum Gasteiger partial charge on any atom is 0.293 e. The second kappa shape index (κ2) is 7.96. The maximum atomic E-state index is 12.9. The molecule has 2 aliphatic rings. The molecule has 1 saturated heterocycles. The first-order chi connectivity index (χ1) is 14.0. The number of hydrogen-bond acceptors (Lipinski definition) is 6. The number of ether oxygens (including phenoxy) is 2. The molecule has 0 unspecified atom stereocenters. The first kappa shape index (κ1) is 19.0. The van der Waals surface area contributed by atoms with Crippen LogP contribution in [0.5, 0.6) is 11.5 Å². The Labute approximate surface area is 169 Å². The number of halogens is 1. The van der Waals surface area contributed by atoms with E-state index in [9.17, 15) is 18.8 Å². The lowest BCUT2D eigenvalue weighted by Gasteiger charge is -2.13. The van der Waals surface area contributed by atoms with Crippen molar-refractivity contribution in [2.75, 3.05) is 19.9 Å². The number of nitrogens with one attached hydrogen (secondary N) is 1. The smallest absolute Gasteiger partial charge is 0.293 e. The van der Waals surface area contributed by atoms with Gasteiger partial charge in [-0.2, -0.15) is 0 Å². The average Bonchev–Trinajstić information content (AvgIpc) is 3.27. The van der Waals surface area contributed by atoms with Gasteiger partial charge in [-0.15, -0.1) is 0 Å². The predicted octanol–water partition coefficient (Wildman–Crippen LogP) is 3.02. The van der Waals surface area contributed by atoms with Gasteiger partial charge in [0.2, 0.25) is 6.79 Å². The summed E-state index contributed by atoms with van der Waals surface area (Å²) in [7, 11) is 0. The third-order valence-electron chi connectivity index (χ3n) is 4.30. The van der Waals surface area contributed by atoms with Crippen LogP contribution in [0.4, 0.5) is 9.18 Å². The maximum absolute atomic E-state index is 12.9. The summed E-state index contributed by atoms with van der Waals surface area (Å²) < 4.78 is 23.5. The lowest BCUT2D eigenvalue weighted by atomic mass is 10.2. The van der Waals surface area contributed by atoms with Gasteiger partial charge >= 0.3 is 0 Å². The van der Waals surface area contributed by atoms with Crippen LogP contribution >= 0.6 is 11.8 Å². The van der Waals surface area contributed by atoms with E-state index in [0.717, 1.165) is 16.7 Å². The molecule has 148 valence electrons. The zero-order valence-corrected chi connectivity index (χ0v) is 15.8. The van der Waals surface area contributed by atoms with Crippen molar-refractivity contribution in [1.82, 2.24) is 10.2 Å². The van der Waals surface area contributed by atoms with Crippen molar-refractivity contribution in [3.63, 3.8) is 0 Å². The zero-order chi connectivity index (χ0) is 20.4. The van der Waals surface area contributed by atoms with Gasteiger partial charge in [0.25, 0.3) is 17.1 Å². The van der Waals surface area contributed by atoms with Crippen molar-refractivity contribution < 1.29 is 28.2 Å². The minimum absolute atomic E-state index is 0.0378. The van der Waals surface area contributed by atoms with Crippen LogP contribution in [0.1, 0.15) is 15.9 Å². The van der Waals surface area contributed by atoms with Crippen LogP contribution in [0.3, 0.4) is 0 Å². The molecular formula is C20H15FN2O5S. The molecule has 29 heavy (non-hydrogen) atoms. The second-order valence-electron chi connectivity index (χ2n) is 6.21. The van der Waals surface area contributed by atoms with Gasteiger partial charge in [-0.1, -0.05) is 6.07 Å². The molecule has 0 aromatic heterocycles. The number of nitrogens with zero attached hydrogens (tertiary/aromatic N) is 1. The van der Waals surface area contributed by atoms with Crippen LogP contribution in [0.25, 0.3) is 6.08 Å². The van der Waals surface area contributed by atoms with Gasteiger partial charge in [0.1, 0.15) is 5.82 Å². The minimum atomic E-state index is -0.436. The fraction of sp³-hybridized carbons (Fsp3) is 0.150. The molecule has 3 amide bonds. The molecule has 7 nitrogen and oxygen atoms in total. The second-order valence-corrected chi connectivity index (χ2v) is 7.20. The standard InChI is InChI=1S/C20H15FN2O5S/c21-14-4-2-13(3-5-14)18(24)22-7-8-23-19(25)17(29-20(23)26)10-12-1-6-15-16(9-12)28-11-27-15/h1-6,9-10H,7-8,11H2,(H,22,24). The SMILES string of the molecule is O=C(NCCN1C(=O)SC(=Cc2ccc3c(c2)OCO3)C1=O)c1ccc(F)cc1. The lowest BCUT2D eigenvalue weighted by Crippen LogP contribution is -2.37. The molecule has 2 aromatic carbocycles. The van der Waals surface area contributed by atoms with Gasteiger partial charge in [0, 0.05) is 18.7 Å². The Kier molecular flexibility index (Phi) is 5.22. The van der Waals surface area contributed by atoms with E-state index in [4.69, 9.17) is 9.47 Å². The summed E-state index contributed by atoms with van der Waals surface area (Å²) in [6, 6.07) is 10.3. The van der Waals surface area contributed by atoms with E-state index in [-0.39, 0.29) is 19.9 Å². The molecule has 0 radical (unpaired) electrons. The number of hydrogen-bond donors (Lipinski definition) is 1. The first-order valence-electron chi connectivity index (χ1n) is 8.70. The summed E-state index contributed by atoms with van der Waals surface area (Å²) in [5.41, 5.74) is 1.01. The van der Waals surface area contributed by atoms with Gasteiger partial charge in [-0.05, 0) is 59.8 Å². The number of carbonyl (C=O) groups excluding carboxylic acids is 3. The van der Waals surface area contributed by atoms with Gasteiger partial charge in [0.05, 0.1) is 4.91 Å². The van der Waals surface area contributed by atoms with Gasteiger partial charge in [-0.3, -0.25) is 19.3 Å². The number of fused-ring (bicyclic) bond motifs is 1. The van der Waals surface area contributed by atoms with Crippen molar-refractivity contribution in [3.8, 4) is 11.5 Å². The fourth-order valence-electron chi connectivity index (χ4n) is 2.83. The van der Waals surface area contributed by atoms with Crippen LogP contribution in [-0.2, 0) is 4.79 Å². The summed E-state index contributed by atoms with van der Waals surface area (Å²) >= 11 is 0.839. The molecule has 1 N–H and O–H groups in total. The molecule has 4 rings (SSSR count). The van der Waals surface area contributed by atoms with Crippen LogP contribution in [0, 0.1) is 5.82 Å². The third kappa shape index (κ3) is 4.09. The van der Waals surface area contributed by atoms with Crippen molar-refractivity contribution in [1.29, 1.82) is 0 Å². The normalized spacial score (nSPS) is 16.6. The molecule has 9 heteroatoms. The Bertz CT molecular complexity index is 1020. The van der Waals surface area contributed by atoms with E-state index < -0.39 is 22.9 Å². The van der Waals surface area contributed by atoms with Crippen LogP contribution < -0.4 is 14.8 Å². The van der Waals surface area contributed by atoms with Crippen molar-refractivity contribution in [3.05, 3.63) is 64.3 Å². The van der Waals surface area contributed by atoms with Crippen LogP contribution in [0.2, 0.25) is 0 Å². The van der Waals surface area contributed by atoms with E-state index in [1.807, 2.05) is 0 Å². The molecule has 1 fully saturated rings. The van der Waals surface area contributed by atoms with E-state index in [1.165, 1.54) is 24.3 Å². The third-order valence-corrected chi connectivity index (χ3v) is 5.20. The number of rotatable bonds is 5. The summed E-state index contributed by atoms with van der Waals surface area (Å²) in [4.78, 5) is 38.1. The first-order valence-corrected chi connectivity index (χ1v) is 9.52. The van der Waals surface area contributed by atoms with Crippen molar-refractivity contribution in [2.24, 2.45) is 0 Å². The monoisotopic (exact) mass is 414 g/mol. The van der Waals surface area contributed by atoms with Crippen molar-refractivity contribution in [2.45, 2.75) is 0 Å². The Morgan fingerprint density at radius 3 is 2.69 bits per heavy atom. The van der Waals surface area contributed by atoms with E-state index in [0.29, 0.717) is 27.5 Å². The van der Waals surface area contributed by atoms with Crippen LogP contribution in [-0.4, -0.2) is 41.8 Å². The minimum Gasteiger partial charge on any atom is -0.454 e. The lowest BCUT2D eigenvalue weighted by molar-refractivity contribution is -0.122. The molecule has 0 atom stereocenters. The Morgan fingerprint density at radius 1 is 1.14 bits per heavy atom. The molecule has 2 aliphatic heterocycles. The molecule has 2 heterocycles. The number of benzene rings is 2. The van der Waals surface area contributed by atoms with Gasteiger partial charge in [-0.25, -0.2) is 4.39 Å². The summed E-state index contributed by atoms with van der Waals surface area (Å²) in [6.45, 7) is 0.278. The highest BCUT2D eigenvalue weighted by molar-refractivity contribution is 8.18. The fourth-order valence-corrected chi connectivity index (χ4v) is 3.70. The zero-order valence-electron chi connectivity index (χ0n) is 15.0. The summed E-state index contributed by atoms with van der Waals surface area (Å²) in [5, 5.41) is 2.21. The number of imide groups is 1. The van der Waals surface area contributed by atoms with Gasteiger partial charge < -0.3 is 14.8 Å². The van der Waals surface area contributed by atoms with Gasteiger partial charge in [0.15, 0.2) is 11.5 Å². The Balaban J connectivity index is 1.37. The molecule has 0 bridgehead atoms. The number of thioether (sulfide) groups is 1. The van der Waals surface area contributed by atoms with Crippen molar-refractivity contribution >= 4 is 34.9 Å². The highest BCUT2D eigenvalue weighted by Crippen LogP contribution is 2.36. The van der Waals surface area contributed by atoms with E-state index in [2.05, 4.69) is 5.32 Å². The predicted molar refractivity (Wildman–Crippen MR) is 104 cm³/mol. The summed E-state index contributed by atoms with van der Waals surface area (Å²) in [6.07, 6.45) is 1.62. The molecule has 0 saturated carbocycles. The highest BCUT2D eigenvalue weighted by Gasteiger charge is 2.34. The van der Waals surface area contributed by atoms with Crippen LogP contribution in [0.15, 0.2) is 47.4 Å². The highest BCUT2D eigenvalue weighted by atomic mass is 32.2. The largest absolute Gasteiger partial charge is 0.454 e. The molecule has 2 aromatic rings. The van der Waals surface area contributed by atoms with E-state index in [1.54, 1.807) is 24.3 Å². The Hall–Kier alpha value is -3.33.